The summed E-state index contributed by atoms with van der Waals surface area (Å²) in [6.07, 6.45) is 2.26. The van der Waals surface area contributed by atoms with E-state index in [1.165, 1.54) is 10.4 Å². The Hall–Kier alpha value is -0.340. The Bertz CT molecular complexity index is 217. The second-order valence-electron chi connectivity index (χ2n) is 2.92. The maximum absolute atomic E-state index is 5.93. The van der Waals surface area contributed by atoms with E-state index in [-0.39, 0.29) is 6.04 Å². The van der Waals surface area contributed by atoms with Crippen molar-refractivity contribution in [2.75, 3.05) is 0 Å². The molecule has 0 amide bonds. The molecule has 2 N–H and O–H groups in total. The van der Waals surface area contributed by atoms with Crippen LogP contribution < -0.4 is 5.73 Å². The first-order valence-electron chi connectivity index (χ1n) is 4.04. The predicted molar refractivity (Wildman–Crippen MR) is 50.9 cm³/mol. The third-order valence-corrected chi connectivity index (χ3v) is 2.90. The fourth-order valence-corrected chi connectivity index (χ4v) is 2.04. The smallest absolute Gasteiger partial charge is 0.0389 e. The number of hydrogen-bond acceptors (Lipinski definition) is 2. The molecule has 0 unspecified atom stereocenters. The van der Waals surface area contributed by atoms with Crippen LogP contribution in [0.15, 0.2) is 11.4 Å². The van der Waals surface area contributed by atoms with Gasteiger partial charge in [0, 0.05) is 10.9 Å². The lowest BCUT2D eigenvalue weighted by Gasteiger charge is -2.05. The summed E-state index contributed by atoms with van der Waals surface area (Å²) in [4.78, 5) is 1.32. The number of rotatable bonds is 3. The summed E-state index contributed by atoms with van der Waals surface area (Å²) in [6.45, 7) is 4.28. The summed E-state index contributed by atoms with van der Waals surface area (Å²) in [7, 11) is 0. The molecule has 1 rings (SSSR count). The molecular weight excluding hydrogens is 154 g/mol. The molecule has 0 radical (unpaired) electrons. The molecule has 2 heteroatoms. The molecule has 0 saturated heterocycles. The van der Waals surface area contributed by atoms with Gasteiger partial charge in [-0.05, 0) is 30.4 Å². The summed E-state index contributed by atoms with van der Waals surface area (Å²) in [5.41, 5.74) is 7.26. The SMILES string of the molecule is CCC[C@@H](N)c1cc(C)cs1. The van der Waals surface area contributed by atoms with E-state index in [0.29, 0.717) is 0 Å². The molecule has 0 aliphatic carbocycles. The van der Waals surface area contributed by atoms with E-state index in [2.05, 4.69) is 25.3 Å². The van der Waals surface area contributed by atoms with Crippen LogP contribution in [0.4, 0.5) is 0 Å². The van der Waals surface area contributed by atoms with E-state index < -0.39 is 0 Å². The van der Waals surface area contributed by atoms with Gasteiger partial charge in [-0.2, -0.15) is 0 Å². The van der Waals surface area contributed by atoms with Crippen LogP contribution >= 0.6 is 11.3 Å². The van der Waals surface area contributed by atoms with Crippen molar-refractivity contribution in [3.8, 4) is 0 Å². The van der Waals surface area contributed by atoms with Crippen molar-refractivity contribution in [2.45, 2.75) is 32.7 Å². The van der Waals surface area contributed by atoms with Crippen molar-refractivity contribution in [1.82, 2.24) is 0 Å². The molecule has 11 heavy (non-hydrogen) atoms. The molecule has 0 aliphatic heterocycles. The summed E-state index contributed by atoms with van der Waals surface area (Å²) in [5, 5.41) is 2.16. The lowest BCUT2D eigenvalue weighted by atomic mass is 10.1. The molecule has 1 aromatic rings. The van der Waals surface area contributed by atoms with Crippen LogP contribution in [-0.2, 0) is 0 Å². The normalized spacial score (nSPS) is 13.4. The van der Waals surface area contributed by atoms with Crippen LogP contribution in [0, 0.1) is 6.92 Å². The second kappa shape index (κ2) is 3.88. The molecule has 0 bridgehead atoms. The largest absolute Gasteiger partial charge is 0.323 e. The van der Waals surface area contributed by atoms with Gasteiger partial charge in [0.25, 0.3) is 0 Å². The lowest BCUT2D eigenvalue weighted by Crippen LogP contribution is -2.07. The minimum absolute atomic E-state index is 0.263. The highest BCUT2D eigenvalue weighted by molar-refractivity contribution is 7.10. The van der Waals surface area contributed by atoms with Crippen LogP contribution in [0.2, 0.25) is 0 Å². The van der Waals surface area contributed by atoms with E-state index in [0.717, 1.165) is 12.8 Å². The fraction of sp³-hybridized carbons (Fsp3) is 0.556. The zero-order chi connectivity index (χ0) is 8.27. The lowest BCUT2D eigenvalue weighted by molar-refractivity contribution is 0.648. The van der Waals surface area contributed by atoms with Gasteiger partial charge in [0.2, 0.25) is 0 Å². The quantitative estimate of drug-likeness (QED) is 0.739. The molecule has 1 heterocycles. The Morgan fingerprint density at radius 2 is 2.36 bits per heavy atom. The van der Waals surface area contributed by atoms with Gasteiger partial charge >= 0.3 is 0 Å². The molecule has 1 nitrogen and oxygen atoms in total. The third-order valence-electron chi connectivity index (χ3n) is 1.72. The van der Waals surface area contributed by atoms with Gasteiger partial charge in [0.05, 0.1) is 0 Å². The summed E-state index contributed by atoms with van der Waals surface area (Å²) < 4.78 is 0. The van der Waals surface area contributed by atoms with Crippen LogP contribution in [-0.4, -0.2) is 0 Å². The average molecular weight is 169 g/mol. The Morgan fingerprint density at radius 1 is 1.64 bits per heavy atom. The maximum atomic E-state index is 5.93. The average Bonchev–Trinajstić information content (AvgIpc) is 2.36. The minimum atomic E-state index is 0.263. The molecule has 1 aromatic heterocycles. The van der Waals surface area contributed by atoms with Crippen molar-refractivity contribution in [1.29, 1.82) is 0 Å². The monoisotopic (exact) mass is 169 g/mol. The zero-order valence-electron chi connectivity index (χ0n) is 7.13. The number of thiophene rings is 1. The molecule has 0 saturated carbocycles. The van der Waals surface area contributed by atoms with Crippen molar-refractivity contribution >= 4 is 11.3 Å². The van der Waals surface area contributed by atoms with Crippen LogP contribution in [0.1, 0.15) is 36.2 Å². The fourth-order valence-electron chi connectivity index (χ4n) is 1.10. The van der Waals surface area contributed by atoms with Gasteiger partial charge in [-0.25, -0.2) is 0 Å². The second-order valence-corrected chi connectivity index (χ2v) is 3.86. The van der Waals surface area contributed by atoms with E-state index >= 15 is 0 Å². The third kappa shape index (κ3) is 2.31. The highest BCUT2D eigenvalue weighted by Gasteiger charge is 2.05. The van der Waals surface area contributed by atoms with Crippen LogP contribution in [0.3, 0.4) is 0 Å². The van der Waals surface area contributed by atoms with E-state index in [9.17, 15) is 0 Å². The maximum Gasteiger partial charge on any atom is 0.0389 e. The Balaban J connectivity index is 2.60. The molecule has 0 aliphatic rings. The Kier molecular flexibility index (Phi) is 3.09. The van der Waals surface area contributed by atoms with Crippen LogP contribution in [0.25, 0.3) is 0 Å². The van der Waals surface area contributed by atoms with Crippen molar-refractivity contribution in [3.05, 3.63) is 21.9 Å². The van der Waals surface area contributed by atoms with Crippen molar-refractivity contribution in [3.63, 3.8) is 0 Å². The van der Waals surface area contributed by atoms with Crippen molar-refractivity contribution in [2.24, 2.45) is 5.73 Å². The molecule has 0 spiro atoms. The van der Waals surface area contributed by atoms with E-state index in [4.69, 9.17) is 5.73 Å². The highest BCUT2D eigenvalue weighted by atomic mass is 32.1. The molecular formula is C9H15NS. The zero-order valence-corrected chi connectivity index (χ0v) is 7.95. The topological polar surface area (TPSA) is 26.0 Å². The number of aryl methyl sites for hydroxylation is 1. The Labute approximate surface area is 72.2 Å². The van der Waals surface area contributed by atoms with E-state index in [1.807, 2.05) is 0 Å². The molecule has 0 fully saturated rings. The first kappa shape index (κ1) is 8.75. The van der Waals surface area contributed by atoms with E-state index in [1.54, 1.807) is 11.3 Å². The first-order chi connectivity index (χ1) is 5.24. The van der Waals surface area contributed by atoms with Crippen molar-refractivity contribution < 1.29 is 0 Å². The molecule has 0 aromatic carbocycles. The van der Waals surface area contributed by atoms with Gasteiger partial charge in [-0.1, -0.05) is 13.3 Å². The summed E-state index contributed by atoms with van der Waals surface area (Å²) in [5.74, 6) is 0. The van der Waals surface area contributed by atoms with Gasteiger partial charge < -0.3 is 5.73 Å². The van der Waals surface area contributed by atoms with Gasteiger partial charge in [-0.15, -0.1) is 11.3 Å². The molecule has 62 valence electrons. The Morgan fingerprint density at radius 3 is 2.82 bits per heavy atom. The predicted octanol–water partition coefficient (Wildman–Crippen LogP) is 2.86. The molecule has 1 atom stereocenters. The first-order valence-corrected chi connectivity index (χ1v) is 4.92. The van der Waals surface area contributed by atoms with Crippen LogP contribution in [0.5, 0.6) is 0 Å². The van der Waals surface area contributed by atoms with Gasteiger partial charge in [-0.3, -0.25) is 0 Å². The van der Waals surface area contributed by atoms with Gasteiger partial charge in [0.1, 0.15) is 0 Å². The minimum Gasteiger partial charge on any atom is -0.323 e. The summed E-state index contributed by atoms with van der Waals surface area (Å²) >= 11 is 1.77. The highest BCUT2D eigenvalue weighted by Crippen LogP contribution is 2.22. The summed E-state index contributed by atoms with van der Waals surface area (Å²) in [6, 6.07) is 2.45. The number of hydrogen-bond donors (Lipinski definition) is 1. The standard InChI is InChI=1S/C9H15NS/c1-3-4-8(10)9-5-7(2)6-11-9/h5-6,8H,3-4,10H2,1-2H3/t8-/m1/s1. The number of nitrogens with two attached hydrogens (primary N) is 1. The van der Waals surface area contributed by atoms with Gasteiger partial charge in [0.15, 0.2) is 0 Å².